The van der Waals surface area contributed by atoms with Crippen LogP contribution < -0.4 is 0 Å². The minimum absolute atomic E-state index is 0.00343. The maximum Gasteiger partial charge on any atom is 0.308 e. The highest BCUT2D eigenvalue weighted by Gasteiger charge is 1.99. The first-order chi connectivity index (χ1) is 6.72. The number of esters is 1. The molecule has 0 atom stereocenters. The van der Waals surface area contributed by atoms with Crippen LogP contribution in [0.15, 0.2) is 36.1 Å². The van der Waals surface area contributed by atoms with Crippen LogP contribution in [0, 0.1) is 11.3 Å². The summed E-state index contributed by atoms with van der Waals surface area (Å²) in [4.78, 5) is 10.6. The van der Waals surface area contributed by atoms with E-state index in [0.717, 1.165) is 5.56 Å². The highest BCUT2D eigenvalue weighted by Crippen LogP contribution is 2.06. The Hall–Kier alpha value is -2.08. The van der Waals surface area contributed by atoms with Crippen LogP contribution >= 0.6 is 0 Å². The predicted molar refractivity (Wildman–Crippen MR) is 51.8 cm³/mol. The molecule has 0 bridgehead atoms. The van der Waals surface area contributed by atoms with Gasteiger partial charge in [-0.1, -0.05) is 30.3 Å². The molecule has 0 aliphatic rings. The van der Waals surface area contributed by atoms with E-state index in [1.807, 2.05) is 30.3 Å². The van der Waals surface area contributed by atoms with E-state index in [0.29, 0.717) is 0 Å². The zero-order valence-electron chi connectivity index (χ0n) is 7.73. The zero-order valence-corrected chi connectivity index (χ0v) is 7.73. The number of rotatable bonds is 2. The topological polar surface area (TPSA) is 50.1 Å². The molecule has 0 radical (unpaired) electrons. The van der Waals surface area contributed by atoms with Crippen molar-refractivity contribution in [2.75, 3.05) is 0 Å². The normalized spacial score (nSPS) is 10.4. The molecule has 70 valence electrons. The molecule has 0 aromatic heterocycles. The third-order valence-corrected chi connectivity index (χ3v) is 1.46. The van der Waals surface area contributed by atoms with E-state index in [1.54, 1.807) is 6.07 Å². The second kappa shape index (κ2) is 4.83. The molecule has 0 saturated heterocycles. The van der Waals surface area contributed by atoms with E-state index in [-0.39, 0.29) is 5.76 Å². The van der Waals surface area contributed by atoms with E-state index in [4.69, 9.17) is 5.26 Å². The Kier molecular flexibility index (Phi) is 3.45. The van der Waals surface area contributed by atoms with Gasteiger partial charge in [0.05, 0.1) is 0 Å². The van der Waals surface area contributed by atoms with Crippen molar-refractivity contribution in [3.63, 3.8) is 0 Å². The first kappa shape index (κ1) is 10.0. The molecule has 0 amide bonds. The highest BCUT2D eigenvalue weighted by molar-refractivity contribution is 5.70. The van der Waals surface area contributed by atoms with Gasteiger partial charge in [-0.3, -0.25) is 4.79 Å². The Morgan fingerprint density at radius 1 is 1.43 bits per heavy atom. The molecular weight excluding hydrogens is 178 g/mol. The van der Waals surface area contributed by atoms with Crippen LogP contribution in [0.1, 0.15) is 12.5 Å². The summed E-state index contributed by atoms with van der Waals surface area (Å²) in [6.45, 7) is 1.26. The van der Waals surface area contributed by atoms with Gasteiger partial charge in [0.2, 0.25) is 5.76 Å². The smallest absolute Gasteiger partial charge is 0.308 e. The number of carbonyl (C=O) groups is 1. The van der Waals surface area contributed by atoms with Gasteiger partial charge < -0.3 is 4.74 Å². The monoisotopic (exact) mass is 187 g/mol. The Labute approximate surface area is 82.2 Å². The van der Waals surface area contributed by atoms with Gasteiger partial charge in [0.25, 0.3) is 0 Å². The molecule has 0 saturated carbocycles. The van der Waals surface area contributed by atoms with Crippen molar-refractivity contribution in [3.05, 3.63) is 41.7 Å². The lowest BCUT2D eigenvalue weighted by Crippen LogP contribution is -1.96. The van der Waals surface area contributed by atoms with Crippen LogP contribution in [-0.4, -0.2) is 5.97 Å². The number of ether oxygens (including phenoxy) is 1. The van der Waals surface area contributed by atoms with Crippen molar-refractivity contribution in [2.24, 2.45) is 0 Å². The van der Waals surface area contributed by atoms with Crippen LogP contribution in [-0.2, 0) is 9.53 Å². The Bertz CT molecular complexity index is 387. The molecular formula is C11H9NO2. The number of nitrogens with zero attached hydrogens (tertiary/aromatic N) is 1. The number of nitriles is 1. The number of hydrogen-bond acceptors (Lipinski definition) is 3. The van der Waals surface area contributed by atoms with E-state index in [9.17, 15) is 4.79 Å². The molecule has 14 heavy (non-hydrogen) atoms. The summed E-state index contributed by atoms with van der Waals surface area (Å²) in [7, 11) is 0. The summed E-state index contributed by atoms with van der Waals surface area (Å²) < 4.78 is 4.66. The van der Waals surface area contributed by atoms with Gasteiger partial charge in [-0.15, -0.1) is 0 Å². The van der Waals surface area contributed by atoms with E-state index in [1.165, 1.54) is 13.0 Å². The predicted octanol–water partition coefficient (Wildman–Crippen LogP) is 2.11. The maximum atomic E-state index is 10.6. The van der Waals surface area contributed by atoms with Gasteiger partial charge in [-0.05, 0) is 11.6 Å². The molecule has 0 heterocycles. The Balaban J connectivity index is 2.86. The molecule has 0 aliphatic carbocycles. The van der Waals surface area contributed by atoms with Gasteiger partial charge in [0, 0.05) is 6.92 Å². The van der Waals surface area contributed by atoms with Crippen LogP contribution in [0.4, 0.5) is 0 Å². The molecule has 0 spiro atoms. The lowest BCUT2D eigenvalue weighted by molar-refractivity contribution is -0.136. The molecule has 3 heteroatoms. The first-order valence-corrected chi connectivity index (χ1v) is 4.07. The third kappa shape index (κ3) is 3.11. The molecule has 0 unspecified atom stereocenters. The molecule has 1 aromatic rings. The summed E-state index contributed by atoms with van der Waals surface area (Å²) in [5.41, 5.74) is 0.824. The summed E-state index contributed by atoms with van der Waals surface area (Å²) in [5.74, 6) is -0.488. The minimum atomic E-state index is -0.492. The Morgan fingerprint density at radius 3 is 2.57 bits per heavy atom. The van der Waals surface area contributed by atoms with Crippen molar-refractivity contribution in [1.29, 1.82) is 5.26 Å². The standard InChI is InChI=1S/C11H9NO2/c1-9(13)14-11(8-12)7-10-5-3-2-4-6-10/h2-7H,1H3. The van der Waals surface area contributed by atoms with Gasteiger partial charge in [0.1, 0.15) is 6.07 Å². The van der Waals surface area contributed by atoms with Crippen LogP contribution in [0.3, 0.4) is 0 Å². The molecule has 1 aromatic carbocycles. The second-order valence-corrected chi connectivity index (χ2v) is 2.62. The quantitative estimate of drug-likeness (QED) is 0.404. The highest BCUT2D eigenvalue weighted by atomic mass is 16.5. The van der Waals surface area contributed by atoms with Crippen LogP contribution in [0.2, 0.25) is 0 Å². The van der Waals surface area contributed by atoms with Crippen molar-refractivity contribution >= 4 is 12.0 Å². The van der Waals surface area contributed by atoms with Crippen molar-refractivity contribution in [3.8, 4) is 6.07 Å². The summed E-state index contributed by atoms with van der Waals surface area (Å²) in [6, 6.07) is 11.0. The number of allylic oxidation sites excluding steroid dienone is 1. The van der Waals surface area contributed by atoms with E-state index in [2.05, 4.69) is 4.74 Å². The number of benzene rings is 1. The van der Waals surface area contributed by atoms with Crippen molar-refractivity contribution < 1.29 is 9.53 Å². The lowest BCUT2D eigenvalue weighted by Gasteiger charge is -1.97. The fourth-order valence-electron chi connectivity index (χ4n) is 0.940. The maximum absolute atomic E-state index is 10.6. The van der Waals surface area contributed by atoms with E-state index < -0.39 is 5.97 Å². The second-order valence-electron chi connectivity index (χ2n) is 2.62. The molecule has 1 rings (SSSR count). The Morgan fingerprint density at radius 2 is 2.07 bits per heavy atom. The fraction of sp³-hybridized carbons (Fsp3) is 0.0909. The lowest BCUT2D eigenvalue weighted by atomic mass is 10.2. The average Bonchev–Trinajstić information content (AvgIpc) is 2.17. The van der Waals surface area contributed by atoms with Gasteiger partial charge >= 0.3 is 5.97 Å². The van der Waals surface area contributed by atoms with Gasteiger partial charge in [0.15, 0.2) is 0 Å². The molecule has 3 nitrogen and oxygen atoms in total. The van der Waals surface area contributed by atoms with Crippen molar-refractivity contribution in [1.82, 2.24) is 0 Å². The summed E-state index contributed by atoms with van der Waals surface area (Å²) in [5, 5.41) is 8.64. The minimum Gasteiger partial charge on any atom is -0.415 e. The van der Waals surface area contributed by atoms with E-state index >= 15 is 0 Å². The zero-order chi connectivity index (χ0) is 10.4. The van der Waals surface area contributed by atoms with Gasteiger partial charge in [-0.25, -0.2) is 0 Å². The van der Waals surface area contributed by atoms with Crippen molar-refractivity contribution in [2.45, 2.75) is 6.92 Å². The number of hydrogen-bond donors (Lipinski definition) is 0. The average molecular weight is 187 g/mol. The van der Waals surface area contributed by atoms with Crippen LogP contribution in [0.25, 0.3) is 6.08 Å². The van der Waals surface area contributed by atoms with Gasteiger partial charge in [-0.2, -0.15) is 5.26 Å². The first-order valence-electron chi connectivity index (χ1n) is 4.07. The third-order valence-electron chi connectivity index (χ3n) is 1.46. The molecule has 0 fully saturated rings. The number of carbonyl (C=O) groups excluding carboxylic acids is 1. The molecule has 0 N–H and O–H groups in total. The molecule has 0 aliphatic heterocycles. The van der Waals surface area contributed by atoms with Crippen LogP contribution in [0.5, 0.6) is 0 Å². The fourth-order valence-corrected chi connectivity index (χ4v) is 0.940. The summed E-state index contributed by atoms with van der Waals surface area (Å²) >= 11 is 0. The SMILES string of the molecule is CC(=O)OC(C#N)=Cc1ccccc1. The summed E-state index contributed by atoms with van der Waals surface area (Å²) in [6.07, 6.45) is 1.52. The largest absolute Gasteiger partial charge is 0.415 e.